The van der Waals surface area contributed by atoms with Crippen LogP contribution in [0.5, 0.6) is 0 Å². The van der Waals surface area contributed by atoms with Crippen molar-refractivity contribution in [3.05, 3.63) is 35.9 Å². The van der Waals surface area contributed by atoms with E-state index in [1.54, 1.807) is 0 Å². The fourth-order valence-corrected chi connectivity index (χ4v) is 2.08. The number of carbonyl (C=O) groups excluding carboxylic acids is 1. The molecule has 0 radical (unpaired) electrons. The molecule has 0 spiro atoms. The van der Waals surface area contributed by atoms with E-state index < -0.39 is 0 Å². The van der Waals surface area contributed by atoms with Crippen LogP contribution in [0.15, 0.2) is 30.3 Å². The predicted octanol–water partition coefficient (Wildman–Crippen LogP) is 2.51. The average molecular weight is 234 g/mol. The van der Waals surface area contributed by atoms with Gasteiger partial charge in [-0.2, -0.15) is 0 Å². The summed E-state index contributed by atoms with van der Waals surface area (Å²) in [6.45, 7) is 3.24. The Bertz CT molecular complexity index is 355. The lowest BCUT2D eigenvalue weighted by Gasteiger charge is -2.17. The van der Waals surface area contributed by atoms with E-state index in [1.165, 1.54) is 0 Å². The van der Waals surface area contributed by atoms with Crippen molar-refractivity contribution < 1.29 is 14.3 Å². The van der Waals surface area contributed by atoms with Gasteiger partial charge in [0.2, 0.25) is 0 Å². The van der Waals surface area contributed by atoms with Gasteiger partial charge in [-0.1, -0.05) is 37.3 Å². The highest BCUT2D eigenvalue weighted by Crippen LogP contribution is 2.22. The SMILES string of the molecule is CCC(C(=O)OC1CCOC1)c1ccccc1. The molecule has 2 unspecified atom stereocenters. The summed E-state index contributed by atoms with van der Waals surface area (Å²) < 4.78 is 10.7. The van der Waals surface area contributed by atoms with Gasteiger partial charge in [0.05, 0.1) is 19.1 Å². The average Bonchev–Trinajstić information content (AvgIpc) is 2.84. The smallest absolute Gasteiger partial charge is 0.313 e. The van der Waals surface area contributed by atoms with E-state index in [0.29, 0.717) is 13.2 Å². The number of esters is 1. The number of hydrogen-bond acceptors (Lipinski definition) is 3. The van der Waals surface area contributed by atoms with E-state index in [2.05, 4.69) is 0 Å². The quantitative estimate of drug-likeness (QED) is 0.751. The summed E-state index contributed by atoms with van der Waals surface area (Å²) in [5, 5.41) is 0. The van der Waals surface area contributed by atoms with Crippen LogP contribution in [0.4, 0.5) is 0 Å². The Morgan fingerprint density at radius 1 is 1.47 bits per heavy atom. The van der Waals surface area contributed by atoms with Gasteiger partial charge < -0.3 is 9.47 Å². The number of ether oxygens (including phenoxy) is 2. The molecule has 1 fully saturated rings. The van der Waals surface area contributed by atoms with Gasteiger partial charge in [-0.3, -0.25) is 4.79 Å². The molecule has 2 atom stereocenters. The summed E-state index contributed by atoms with van der Waals surface area (Å²) in [4.78, 5) is 12.1. The van der Waals surface area contributed by atoms with Crippen molar-refractivity contribution in [2.24, 2.45) is 0 Å². The van der Waals surface area contributed by atoms with Gasteiger partial charge in [-0.25, -0.2) is 0 Å². The Balaban J connectivity index is 2.00. The molecule has 0 aliphatic carbocycles. The Labute approximate surface area is 102 Å². The Morgan fingerprint density at radius 2 is 2.24 bits per heavy atom. The molecule has 1 saturated heterocycles. The summed E-state index contributed by atoms with van der Waals surface area (Å²) in [7, 11) is 0. The summed E-state index contributed by atoms with van der Waals surface area (Å²) >= 11 is 0. The lowest BCUT2D eigenvalue weighted by atomic mass is 9.97. The zero-order valence-electron chi connectivity index (χ0n) is 10.1. The lowest BCUT2D eigenvalue weighted by molar-refractivity contribution is -0.151. The van der Waals surface area contributed by atoms with Crippen LogP contribution >= 0.6 is 0 Å². The minimum Gasteiger partial charge on any atom is -0.459 e. The number of benzene rings is 1. The molecular weight excluding hydrogens is 216 g/mol. The van der Waals surface area contributed by atoms with Gasteiger partial charge in [0.25, 0.3) is 0 Å². The van der Waals surface area contributed by atoms with Crippen LogP contribution < -0.4 is 0 Å². The first-order chi connectivity index (χ1) is 8.31. The Morgan fingerprint density at radius 3 is 2.82 bits per heavy atom. The molecule has 0 N–H and O–H groups in total. The number of hydrogen-bond donors (Lipinski definition) is 0. The third-order valence-electron chi connectivity index (χ3n) is 3.07. The van der Waals surface area contributed by atoms with Gasteiger partial charge in [-0.05, 0) is 12.0 Å². The molecule has 1 aromatic rings. The van der Waals surface area contributed by atoms with Crippen molar-refractivity contribution in [3.63, 3.8) is 0 Å². The fraction of sp³-hybridized carbons (Fsp3) is 0.500. The van der Waals surface area contributed by atoms with E-state index >= 15 is 0 Å². The van der Waals surface area contributed by atoms with Crippen molar-refractivity contribution in [3.8, 4) is 0 Å². The first-order valence-electron chi connectivity index (χ1n) is 6.14. The van der Waals surface area contributed by atoms with Crippen molar-refractivity contribution in [1.82, 2.24) is 0 Å². The molecule has 0 bridgehead atoms. The van der Waals surface area contributed by atoms with Crippen LogP contribution in [0.2, 0.25) is 0 Å². The molecule has 1 heterocycles. The highest BCUT2D eigenvalue weighted by atomic mass is 16.6. The van der Waals surface area contributed by atoms with E-state index in [4.69, 9.17) is 9.47 Å². The van der Waals surface area contributed by atoms with Gasteiger partial charge in [0.1, 0.15) is 6.10 Å². The largest absolute Gasteiger partial charge is 0.459 e. The third-order valence-corrected chi connectivity index (χ3v) is 3.07. The van der Waals surface area contributed by atoms with Crippen LogP contribution in [0.1, 0.15) is 31.2 Å². The summed E-state index contributed by atoms with van der Waals surface area (Å²) in [6.07, 6.45) is 1.52. The molecule has 3 nitrogen and oxygen atoms in total. The molecule has 1 aliphatic rings. The van der Waals surface area contributed by atoms with Gasteiger partial charge in [-0.15, -0.1) is 0 Å². The maximum Gasteiger partial charge on any atom is 0.313 e. The van der Waals surface area contributed by atoms with E-state index in [-0.39, 0.29) is 18.0 Å². The molecule has 92 valence electrons. The fourth-order valence-electron chi connectivity index (χ4n) is 2.08. The first kappa shape index (κ1) is 12.1. The lowest BCUT2D eigenvalue weighted by Crippen LogP contribution is -2.23. The molecule has 0 saturated carbocycles. The van der Waals surface area contributed by atoms with Gasteiger partial charge in [0, 0.05) is 6.42 Å². The summed E-state index contributed by atoms with van der Waals surface area (Å²) in [5.74, 6) is -0.286. The Kier molecular flexibility index (Phi) is 4.15. The molecule has 17 heavy (non-hydrogen) atoms. The van der Waals surface area contributed by atoms with Crippen molar-refractivity contribution in [2.75, 3.05) is 13.2 Å². The van der Waals surface area contributed by atoms with E-state index in [9.17, 15) is 4.79 Å². The van der Waals surface area contributed by atoms with Crippen molar-refractivity contribution in [2.45, 2.75) is 31.8 Å². The summed E-state index contributed by atoms with van der Waals surface area (Å²) in [6, 6.07) is 9.79. The topological polar surface area (TPSA) is 35.5 Å². The normalized spacial score (nSPS) is 21.1. The van der Waals surface area contributed by atoms with Gasteiger partial charge >= 0.3 is 5.97 Å². The van der Waals surface area contributed by atoms with Crippen LogP contribution in [0, 0.1) is 0 Å². The maximum atomic E-state index is 12.1. The van der Waals surface area contributed by atoms with Crippen molar-refractivity contribution >= 4 is 5.97 Å². The Hall–Kier alpha value is -1.35. The third kappa shape index (κ3) is 3.07. The predicted molar refractivity (Wildman–Crippen MR) is 64.8 cm³/mol. The maximum absolute atomic E-state index is 12.1. The molecule has 1 aliphatic heterocycles. The second kappa shape index (κ2) is 5.82. The summed E-state index contributed by atoms with van der Waals surface area (Å²) in [5.41, 5.74) is 1.03. The molecular formula is C14H18O3. The first-order valence-corrected chi connectivity index (χ1v) is 6.14. The highest BCUT2D eigenvalue weighted by molar-refractivity contribution is 5.78. The van der Waals surface area contributed by atoms with Crippen LogP contribution in [0.3, 0.4) is 0 Å². The van der Waals surface area contributed by atoms with Crippen LogP contribution in [-0.2, 0) is 14.3 Å². The molecule has 1 aromatic carbocycles. The highest BCUT2D eigenvalue weighted by Gasteiger charge is 2.25. The van der Waals surface area contributed by atoms with E-state index in [1.807, 2.05) is 37.3 Å². The number of rotatable bonds is 4. The zero-order valence-corrected chi connectivity index (χ0v) is 10.1. The van der Waals surface area contributed by atoms with Crippen LogP contribution in [-0.4, -0.2) is 25.3 Å². The second-order valence-corrected chi connectivity index (χ2v) is 4.29. The van der Waals surface area contributed by atoms with E-state index in [0.717, 1.165) is 18.4 Å². The zero-order chi connectivity index (χ0) is 12.1. The van der Waals surface area contributed by atoms with Crippen molar-refractivity contribution in [1.29, 1.82) is 0 Å². The molecule has 0 aromatic heterocycles. The van der Waals surface area contributed by atoms with Crippen LogP contribution in [0.25, 0.3) is 0 Å². The minimum absolute atomic E-state index is 0.0553. The second-order valence-electron chi connectivity index (χ2n) is 4.29. The number of carbonyl (C=O) groups is 1. The minimum atomic E-state index is -0.156. The standard InChI is InChI=1S/C14H18O3/c1-2-13(11-6-4-3-5-7-11)14(15)17-12-8-9-16-10-12/h3-7,12-13H,2,8-10H2,1H3. The molecule has 0 amide bonds. The van der Waals surface area contributed by atoms with Gasteiger partial charge in [0.15, 0.2) is 0 Å². The molecule has 2 rings (SSSR count). The monoisotopic (exact) mass is 234 g/mol. The molecule has 3 heteroatoms.